The number of para-hydroxylation sites is 1. The lowest BCUT2D eigenvalue weighted by atomic mass is 9.96. The second-order valence-corrected chi connectivity index (χ2v) is 6.98. The first kappa shape index (κ1) is 15.9. The Morgan fingerprint density at radius 2 is 1.83 bits per heavy atom. The van der Waals surface area contributed by atoms with Crippen LogP contribution in [0.4, 0.5) is 4.39 Å². The number of hydrogen-bond acceptors (Lipinski definition) is 3. The van der Waals surface area contributed by atoms with Crippen molar-refractivity contribution in [3.63, 3.8) is 0 Å². The van der Waals surface area contributed by atoms with Crippen LogP contribution in [-0.4, -0.2) is 43.0 Å². The maximum atomic E-state index is 14.2. The van der Waals surface area contributed by atoms with E-state index in [-0.39, 0.29) is 16.9 Å². The lowest BCUT2D eigenvalue weighted by molar-refractivity contribution is 0.111. The highest BCUT2D eigenvalue weighted by molar-refractivity contribution is 6.30. The molecule has 2 aliphatic rings. The topological polar surface area (TPSA) is 15.7 Å². The highest BCUT2D eigenvalue weighted by Gasteiger charge is 2.30. The zero-order valence-corrected chi connectivity index (χ0v) is 14.4. The van der Waals surface area contributed by atoms with Crippen molar-refractivity contribution in [2.75, 3.05) is 33.2 Å². The molecule has 1 fully saturated rings. The van der Waals surface area contributed by atoms with Gasteiger partial charge in [0.05, 0.1) is 5.02 Å². The van der Waals surface area contributed by atoms with E-state index < -0.39 is 0 Å². The summed E-state index contributed by atoms with van der Waals surface area (Å²) in [6.45, 7) is 3.97. The van der Waals surface area contributed by atoms with Crippen LogP contribution in [0.25, 0.3) is 0 Å². The van der Waals surface area contributed by atoms with E-state index in [1.165, 1.54) is 0 Å². The number of hydrogen-bond donors (Lipinski definition) is 0. The number of nitrogens with zero attached hydrogens (tertiary/aromatic N) is 2. The molecule has 1 atom stereocenters. The molecular formula is C19H20ClFN2O. The third-order valence-corrected chi connectivity index (χ3v) is 5.29. The number of ether oxygens (including phenoxy) is 1. The van der Waals surface area contributed by atoms with Gasteiger partial charge in [0.2, 0.25) is 0 Å². The Morgan fingerprint density at radius 3 is 2.62 bits per heavy atom. The van der Waals surface area contributed by atoms with Crippen LogP contribution in [0.2, 0.25) is 5.02 Å². The number of benzene rings is 2. The maximum absolute atomic E-state index is 14.2. The van der Waals surface area contributed by atoms with E-state index in [0.29, 0.717) is 5.75 Å². The number of likely N-dealkylation sites (N-methyl/N-ethyl adjacent to an activating group) is 1. The fraction of sp³-hybridized carbons (Fsp3) is 0.368. The van der Waals surface area contributed by atoms with Crippen LogP contribution >= 0.6 is 11.6 Å². The summed E-state index contributed by atoms with van der Waals surface area (Å²) in [6.07, 6.45) is 0.813. The van der Waals surface area contributed by atoms with Gasteiger partial charge < -0.3 is 9.64 Å². The third kappa shape index (κ3) is 2.90. The first-order chi connectivity index (χ1) is 11.6. The molecule has 1 unspecified atom stereocenters. The van der Waals surface area contributed by atoms with Gasteiger partial charge in [-0.15, -0.1) is 0 Å². The molecule has 1 saturated heterocycles. The predicted octanol–water partition coefficient (Wildman–Crippen LogP) is 4.12. The average Bonchev–Trinajstić information content (AvgIpc) is 2.73. The van der Waals surface area contributed by atoms with Gasteiger partial charge in [-0.1, -0.05) is 29.8 Å². The van der Waals surface area contributed by atoms with Gasteiger partial charge in [0, 0.05) is 43.9 Å². The molecule has 2 aliphatic heterocycles. The smallest absolute Gasteiger partial charge is 0.142 e. The summed E-state index contributed by atoms with van der Waals surface area (Å²) >= 11 is 6.00. The highest BCUT2D eigenvalue weighted by atomic mass is 35.5. The van der Waals surface area contributed by atoms with Gasteiger partial charge in [-0.25, -0.2) is 4.39 Å². The van der Waals surface area contributed by atoms with Crippen molar-refractivity contribution in [1.82, 2.24) is 9.80 Å². The van der Waals surface area contributed by atoms with Crippen LogP contribution < -0.4 is 4.74 Å². The zero-order valence-electron chi connectivity index (χ0n) is 13.6. The van der Waals surface area contributed by atoms with Gasteiger partial charge >= 0.3 is 0 Å². The Labute approximate surface area is 146 Å². The molecule has 2 heterocycles. The highest BCUT2D eigenvalue weighted by Crippen LogP contribution is 2.42. The third-order valence-electron chi connectivity index (χ3n) is 5.00. The second kappa shape index (κ2) is 6.36. The molecule has 0 amide bonds. The molecule has 0 spiro atoms. The summed E-state index contributed by atoms with van der Waals surface area (Å²) in [5.74, 6) is 1.11. The van der Waals surface area contributed by atoms with E-state index in [1.54, 1.807) is 12.1 Å². The van der Waals surface area contributed by atoms with Crippen LogP contribution in [0, 0.1) is 5.82 Å². The molecule has 0 bridgehead atoms. The normalized spacial score (nSPS) is 21.5. The van der Waals surface area contributed by atoms with Gasteiger partial charge in [-0.2, -0.15) is 0 Å². The summed E-state index contributed by atoms with van der Waals surface area (Å²) in [7, 11) is 2.14. The first-order valence-corrected chi connectivity index (χ1v) is 8.67. The minimum atomic E-state index is -0.385. The van der Waals surface area contributed by atoms with E-state index in [1.807, 2.05) is 18.2 Å². The minimum absolute atomic E-state index is 0.101. The summed E-state index contributed by atoms with van der Waals surface area (Å²) < 4.78 is 20.2. The first-order valence-electron chi connectivity index (χ1n) is 8.29. The van der Waals surface area contributed by atoms with Crippen molar-refractivity contribution in [3.05, 3.63) is 58.4 Å². The van der Waals surface area contributed by atoms with Gasteiger partial charge in [0.15, 0.2) is 0 Å². The molecular weight excluding hydrogens is 327 g/mol. The Morgan fingerprint density at radius 1 is 1.08 bits per heavy atom. The Hall–Kier alpha value is -1.62. The van der Waals surface area contributed by atoms with Crippen LogP contribution in [0.5, 0.6) is 11.5 Å². The Kier molecular flexibility index (Phi) is 4.21. The summed E-state index contributed by atoms with van der Waals surface area (Å²) in [5.41, 5.74) is 2.03. The van der Waals surface area contributed by atoms with E-state index in [4.69, 9.17) is 16.3 Å². The van der Waals surface area contributed by atoms with Gasteiger partial charge in [-0.05, 0) is 31.2 Å². The van der Waals surface area contributed by atoms with E-state index in [0.717, 1.165) is 49.5 Å². The number of fused-ring (bicyclic) bond motifs is 2. The lowest BCUT2D eigenvalue weighted by Gasteiger charge is -2.38. The SMILES string of the molecule is CN1CCN(C2Cc3ccccc3Oc3cc(Cl)c(F)cc32)CC1. The van der Waals surface area contributed by atoms with Crippen molar-refractivity contribution in [2.24, 2.45) is 0 Å². The van der Waals surface area contributed by atoms with E-state index in [9.17, 15) is 4.39 Å². The van der Waals surface area contributed by atoms with Crippen molar-refractivity contribution in [2.45, 2.75) is 12.5 Å². The summed E-state index contributed by atoms with van der Waals surface area (Å²) in [5, 5.41) is 0.102. The molecule has 0 aromatic heterocycles. The lowest BCUT2D eigenvalue weighted by Crippen LogP contribution is -2.46. The molecule has 126 valence electrons. The van der Waals surface area contributed by atoms with Crippen molar-refractivity contribution in [1.29, 1.82) is 0 Å². The molecule has 5 heteroatoms. The molecule has 0 saturated carbocycles. The standard InChI is InChI=1S/C19H20ClFN2O/c1-22-6-8-23(9-7-22)17-10-13-4-2-3-5-18(13)24-19-12-15(20)16(21)11-14(17)19/h2-5,11-12,17H,6-10H2,1H3. The Balaban J connectivity index is 1.79. The maximum Gasteiger partial charge on any atom is 0.142 e. The van der Waals surface area contributed by atoms with Gasteiger partial charge in [0.1, 0.15) is 17.3 Å². The van der Waals surface area contributed by atoms with Crippen molar-refractivity contribution in [3.8, 4) is 11.5 Å². The molecule has 2 aromatic carbocycles. The van der Waals surface area contributed by atoms with E-state index in [2.05, 4.69) is 22.9 Å². The van der Waals surface area contributed by atoms with E-state index >= 15 is 0 Å². The average molecular weight is 347 g/mol. The number of rotatable bonds is 1. The minimum Gasteiger partial charge on any atom is -0.457 e. The van der Waals surface area contributed by atoms with Crippen molar-refractivity contribution >= 4 is 11.6 Å². The molecule has 24 heavy (non-hydrogen) atoms. The van der Waals surface area contributed by atoms with Gasteiger partial charge in [-0.3, -0.25) is 4.90 Å². The summed E-state index contributed by atoms with van der Waals surface area (Å²) in [6, 6.07) is 11.3. The predicted molar refractivity (Wildman–Crippen MR) is 93.4 cm³/mol. The van der Waals surface area contributed by atoms with Crippen LogP contribution in [-0.2, 0) is 6.42 Å². The molecule has 4 rings (SSSR count). The van der Waals surface area contributed by atoms with Crippen LogP contribution in [0.1, 0.15) is 17.2 Å². The molecule has 3 nitrogen and oxygen atoms in total. The summed E-state index contributed by atoms with van der Waals surface area (Å²) in [4.78, 5) is 4.75. The molecule has 0 aliphatic carbocycles. The molecule has 0 radical (unpaired) electrons. The zero-order chi connectivity index (χ0) is 16.7. The van der Waals surface area contributed by atoms with Gasteiger partial charge in [0.25, 0.3) is 0 Å². The second-order valence-electron chi connectivity index (χ2n) is 6.57. The quantitative estimate of drug-likeness (QED) is 0.772. The molecule has 2 aromatic rings. The van der Waals surface area contributed by atoms with Crippen LogP contribution in [0.15, 0.2) is 36.4 Å². The number of piperazine rings is 1. The number of halogens is 2. The fourth-order valence-electron chi connectivity index (χ4n) is 3.56. The van der Waals surface area contributed by atoms with Crippen LogP contribution in [0.3, 0.4) is 0 Å². The largest absolute Gasteiger partial charge is 0.457 e. The monoisotopic (exact) mass is 346 g/mol. The molecule has 0 N–H and O–H groups in total. The Bertz CT molecular complexity index is 759. The van der Waals surface area contributed by atoms with Crippen molar-refractivity contribution < 1.29 is 9.13 Å². The fourth-order valence-corrected chi connectivity index (χ4v) is 3.71.